The molecule has 0 atom stereocenters. The fourth-order valence-electron chi connectivity index (χ4n) is 0.782. The van der Waals surface area contributed by atoms with Gasteiger partial charge in [-0.25, -0.2) is 0 Å². The molecule has 0 saturated heterocycles. The predicted octanol–water partition coefficient (Wildman–Crippen LogP) is 1.15. The minimum absolute atomic E-state index is 0.194. The third-order valence-electron chi connectivity index (χ3n) is 1.31. The predicted molar refractivity (Wildman–Crippen MR) is 41.4 cm³/mol. The molecule has 0 aromatic rings. The van der Waals surface area contributed by atoms with E-state index in [-0.39, 0.29) is 6.79 Å². The molecular formula is C7H9ClCrO3. The number of hydrogen-bond donors (Lipinski definition) is 0. The fraction of sp³-hybridized carbons (Fsp3) is 0.571. The van der Waals surface area contributed by atoms with Gasteiger partial charge in [0.05, 0.1) is 0 Å². The molecule has 1 heterocycles. The van der Waals surface area contributed by atoms with Crippen LogP contribution in [0.25, 0.3) is 0 Å². The molecule has 0 aromatic carbocycles. The first-order valence-corrected chi connectivity index (χ1v) is 4.44. The Balaban J connectivity index is 2.46. The summed E-state index contributed by atoms with van der Waals surface area (Å²) in [5.41, 5.74) is 0. The topological polar surface area (TPSA) is 27.7 Å². The summed E-state index contributed by atoms with van der Waals surface area (Å²) in [4.78, 5) is 0. The summed E-state index contributed by atoms with van der Waals surface area (Å²) in [6.45, 7) is 0.815. The molecule has 1 aliphatic heterocycles. The number of ether oxygens (including phenoxy) is 3. The zero-order valence-electron chi connectivity index (χ0n) is 6.63. The number of hydrogen-bond acceptors (Lipinski definition) is 3. The van der Waals surface area contributed by atoms with Gasteiger partial charge in [-0.05, 0) is 0 Å². The van der Waals surface area contributed by atoms with Gasteiger partial charge >= 0.3 is 84.0 Å². The van der Waals surface area contributed by atoms with Crippen LogP contribution in [-0.4, -0.2) is 25.1 Å². The van der Waals surface area contributed by atoms with Gasteiger partial charge in [0.1, 0.15) is 0 Å². The molecule has 0 saturated carbocycles. The van der Waals surface area contributed by atoms with E-state index in [1.165, 1.54) is 0 Å². The van der Waals surface area contributed by atoms with E-state index in [1.807, 2.05) is 0 Å². The van der Waals surface area contributed by atoms with Crippen LogP contribution in [0.3, 0.4) is 0 Å². The van der Waals surface area contributed by atoms with Gasteiger partial charge < -0.3 is 0 Å². The molecule has 0 aromatic heterocycles. The molecule has 0 aliphatic carbocycles. The Bertz CT molecular complexity index is 215. The van der Waals surface area contributed by atoms with Crippen molar-refractivity contribution in [1.29, 1.82) is 0 Å². The second kappa shape index (κ2) is 5.01. The SMILES string of the molecule is COCO[C](=[Cr])C1=C(Cl)CCO1. The average molecular weight is 229 g/mol. The van der Waals surface area contributed by atoms with E-state index in [1.54, 1.807) is 7.11 Å². The van der Waals surface area contributed by atoms with Crippen molar-refractivity contribution in [2.24, 2.45) is 0 Å². The first-order chi connectivity index (χ1) is 5.75. The third-order valence-corrected chi connectivity index (χ3v) is 2.14. The molecule has 3 nitrogen and oxygen atoms in total. The van der Waals surface area contributed by atoms with Gasteiger partial charge in [0.15, 0.2) is 0 Å². The summed E-state index contributed by atoms with van der Waals surface area (Å²) in [6, 6.07) is 0. The van der Waals surface area contributed by atoms with E-state index < -0.39 is 0 Å². The molecule has 68 valence electrons. The molecule has 1 aliphatic rings. The Hall–Kier alpha value is 0.152. The molecule has 0 radical (unpaired) electrons. The molecular weight excluding hydrogens is 220 g/mol. The second-order valence-electron chi connectivity index (χ2n) is 2.17. The van der Waals surface area contributed by atoms with Gasteiger partial charge in [-0.3, -0.25) is 0 Å². The molecule has 0 fully saturated rings. The van der Waals surface area contributed by atoms with Gasteiger partial charge in [-0.1, -0.05) is 0 Å². The normalized spacial score (nSPS) is 16.5. The van der Waals surface area contributed by atoms with Gasteiger partial charge in [-0.15, -0.1) is 0 Å². The zero-order chi connectivity index (χ0) is 8.97. The van der Waals surface area contributed by atoms with Crippen molar-refractivity contribution in [3.05, 3.63) is 10.8 Å². The van der Waals surface area contributed by atoms with Gasteiger partial charge in [0.2, 0.25) is 0 Å². The Kier molecular flexibility index (Phi) is 4.27. The van der Waals surface area contributed by atoms with Crippen LogP contribution in [-0.2, 0) is 30.1 Å². The summed E-state index contributed by atoms with van der Waals surface area (Å²) >= 11 is 8.58. The van der Waals surface area contributed by atoms with Crippen molar-refractivity contribution in [3.63, 3.8) is 0 Å². The van der Waals surface area contributed by atoms with Gasteiger partial charge in [0, 0.05) is 0 Å². The van der Waals surface area contributed by atoms with Crippen molar-refractivity contribution >= 4 is 16.2 Å². The van der Waals surface area contributed by atoms with E-state index in [0.29, 0.717) is 22.0 Å². The number of halogens is 1. The van der Waals surface area contributed by atoms with Crippen LogP contribution in [0.1, 0.15) is 6.42 Å². The molecule has 0 unspecified atom stereocenters. The molecule has 0 bridgehead atoms. The summed E-state index contributed by atoms with van der Waals surface area (Å²) < 4.78 is 15.6. The first kappa shape index (κ1) is 10.2. The van der Waals surface area contributed by atoms with E-state index in [2.05, 4.69) is 15.9 Å². The monoisotopic (exact) mass is 228 g/mol. The van der Waals surface area contributed by atoms with Gasteiger partial charge in [-0.2, -0.15) is 0 Å². The Morgan fingerprint density at radius 1 is 1.75 bits per heavy atom. The summed E-state index contributed by atoms with van der Waals surface area (Å²) in [6.07, 6.45) is 0.748. The van der Waals surface area contributed by atoms with Crippen LogP contribution in [0.2, 0.25) is 0 Å². The van der Waals surface area contributed by atoms with Crippen molar-refractivity contribution in [1.82, 2.24) is 0 Å². The summed E-state index contributed by atoms with van der Waals surface area (Å²) in [5.74, 6) is 0.605. The Labute approximate surface area is 84.2 Å². The van der Waals surface area contributed by atoms with E-state index in [4.69, 9.17) is 25.8 Å². The minimum atomic E-state index is 0.194. The van der Waals surface area contributed by atoms with Gasteiger partial charge in [0.25, 0.3) is 0 Å². The maximum atomic E-state index is 5.84. The van der Waals surface area contributed by atoms with Crippen LogP contribution in [0.4, 0.5) is 0 Å². The van der Waals surface area contributed by atoms with Crippen molar-refractivity contribution in [2.75, 3.05) is 20.5 Å². The molecule has 5 heteroatoms. The molecule has 0 spiro atoms. The molecule has 12 heavy (non-hydrogen) atoms. The van der Waals surface area contributed by atoms with Crippen LogP contribution in [0, 0.1) is 0 Å². The van der Waals surface area contributed by atoms with Crippen LogP contribution in [0.15, 0.2) is 10.8 Å². The number of rotatable bonds is 4. The van der Waals surface area contributed by atoms with Crippen LogP contribution >= 0.6 is 11.6 Å². The fourth-order valence-corrected chi connectivity index (χ4v) is 1.45. The molecule has 0 amide bonds. The summed E-state index contributed by atoms with van der Waals surface area (Å²) in [7, 11) is 1.55. The first-order valence-electron chi connectivity index (χ1n) is 3.43. The third kappa shape index (κ3) is 2.58. The molecule has 1 rings (SSSR count). The van der Waals surface area contributed by atoms with E-state index in [9.17, 15) is 0 Å². The van der Waals surface area contributed by atoms with Crippen molar-refractivity contribution < 1.29 is 30.1 Å². The van der Waals surface area contributed by atoms with Crippen LogP contribution < -0.4 is 0 Å². The average Bonchev–Trinajstić information content (AvgIpc) is 2.47. The quantitative estimate of drug-likeness (QED) is 0.676. The molecule has 0 N–H and O–H groups in total. The van der Waals surface area contributed by atoms with Crippen molar-refractivity contribution in [2.45, 2.75) is 6.42 Å². The van der Waals surface area contributed by atoms with Crippen LogP contribution in [0.5, 0.6) is 0 Å². The van der Waals surface area contributed by atoms with Crippen molar-refractivity contribution in [3.8, 4) is 0 Å². The Morgan fingerprint density at radius 2 is 2.50 bits per heavy atom. The second-order valence-corrected chi connectivity index (χ2v) is 3.21. The summed E-state index contributed by atoms with van der Waals surface area (Å²) in [5, 5.41) is 0.694. The number of methoxy groups -OCH3 is 1. The maximum absolute atomic E-state index is 5.84. The standard InChI is InChI=1S/C7H9ClO3.Cr/c1-9-5-10-4-7-6(8)2-3-11-7;/h2-3,5H2,1H3;. The van der Waals surface area contributed by atoms with E-state index in [0.717, 1.165) is 6.42 Å². The Morgan fingerprint density at radius 3 is 3.00 bits per heavy atom. The van der Waals surface area contributed by atoms with E-state index >= 15 is 0 Å². The zero-order valence-corrected chi connectivity index (χ0v) is 8.66.